The fourth-order valence-corrected chi connectivity index (χ4v) is 2.55. The summed E-state index contributed by atoms with van der Waals surface area (Å²) in [6.45, 7) is 0.204. The van der Waals surface area contributed by atoms with Crippen LogP contribution in [0.5, 0.6) is 11.5 Å². The summed E-state index contributed by atoms with van der Waals surface area (Å²) in [5.41, 5.74) is 1.84. The van der Waals surface area contributed by atoms with E-state index >= 15 is 0 Å². The molecule has 2 aromatic carbocycles. The fraction of sp³-hybridized carbons (Fsp3) is 0.100. The van der Waals surface area contributed by atoms with E-state index < -0.39 is 11.5 Å². The zero-order valence-electron chi connectivity index (χ0n) is 14.2. The van der Waals surface area contributed by atoms with Crippen LogP contribution in [-0.4, -0.2) is 23.1 Å². The SMILES string of the molecule is COc1cc(CNC(=O)c2ccc(-c3ccccc3)[nH]c2=O)ccc1O. The smallest absolute Gasteiger partial charge is 0.261 e. The maximum atomic E-state index is 12.3. The summed E-state index contributed by atoms with van der Waals surface area (Å²) in [6.07, 6.45) is 0. The number of hydrogen-bond acceptors (Lipinski definition) is 4. The van der Waals surface area contributed by atoms with Gasteiger partial charge in [-0.15, -0.1) is 0 Å². The normalized spacial score (nSPS) is 10.3. The second kappa shape index (κ2) is 7.57. The largest absolute Gasteiger partial charge is 0.504 e. The summed E-state index contributed by atoms with van der Waals surface area (Å²) < 4.78 is 5.03. The fourth-order valence-electron chi connectivity index (χ4n) is 2.55. The molecule has 0 aliphatic rings. The van der Waals surface area contributed by atoms with Crippen LogP contribution in [0.4, 0.5) is 0 Å². The lowest BCUT2D eigenvalue weighted by molar-refractivity contribution is 0.0949. The molecule has 0 saturated carbocycles. The highest BCUT2D eigenvalue weighted by Crippen LogP contribution is 2.26. The van der Waals surface area contributed by atoms with Crippen molar-refractivity contribution >= 4 is 5.91 Å². The molecule has 1 heterocycles. The molecule has 0 aliphatic carbocycles. The van der Waals surface area contributed by atoms with E-state index in [9.17, 15) is 14.7 Å². The van der Waals surface area contributed by atoms with Crippen molar-refractivity contribution in [1.82, 2.24) is 10.3 Å². The molecule has 6 nitrogen and oxygen atoms in total. The lowest BCUT2D eigenvalue weighted by Gasteiger charge is -2.08. The standard InChI is InChI=1S/C20H18N2O4/c1-26-18-11-13(7-10-17(18)23)12-21-19(24)15-8-9-16(22-20(15)25)14-5-3-2-4-6-14/h2-11,23H,12H2,1H3,(H,21,24)(H,22,25). The molecular weight excluding hydrogens is 332 g/mol. The second-order valence-electron chi connectivity index (χ2n) is 5.67. The van der Waals surface area contributed by atoms with E-state index in [0.29, 0.717) is 11.4 Å². The number of aromatic amines is 1. The number of pyridine rings is 1. The van der Waals surface area contributed by atoms with Crippen LogP contribution in [0.2, 0.25) is 0 Å². The van der Waals surface area contributed by atoms with Gasteiger partial charge >= 0.3 is 0 Å². The molecule has 0 bridgehead atoms. The molecule has 0 atom stereocenters. The van der Waals surface area contributed by atoms with Crippen LogP contribution in [0.15, 0.2) is 65.5 Å². The Kier molecular flexibility index (Phi) is 5.03. The molecule has 1 aromatic heterocycles. The number of ether oxygens (including phenoxy) is 1. The number of aromatic hydroxyl groups is 1. The van der Waals surface area contributed by atoms with E-state index in [1.54, 1.807) is 18.2 Å². The van der Waals surface area contributed by atoms with Gasteiger partial charge in [-0.3, -0.25) is 9.59 Å². The number of aromatic nitrogens is 1. The lowest BCUT2D eigenvalue weighted by Crippen LogP contribution is -2.29. The van der Waals surface area contributed by atoms with Crippen LogP contribution in [0.1, 0.15) is 15.9 Å². The molecule has 26 heavy (non-hydrogen) atoms. The number of amides is 1. The van der Waals surface area contributed by atoms with Gasteiger partial charge in [0.1, 0.15) is 5.56 Å². The zero-order valence-corrected chi connectivity index (χ0v) is 14.2. The van der Waals surface area contributed by atoms with Crippen LogP contribution >= 0.6 is 0 Å². The molecular formula is C20H18N2O4. The summed E-state index contributed by atoms with van der Waals surface area (Å²) in [7, 11) is 1.45. The minimum absolute atomic E-state index is 0.0236. The van der Waals surface area contributed by atoms with E-state index in [0.717, 1.165) is 11.1 Å². The molecule has 3 N–H and O–H groups in total. The molecule has 0 unspecified atom stereocenters. The van der Waals surface area contributed by atoms with Gasteiger partial charge in [0.2, 0.25) is 0 Å². The van der Waals surface area contributed by atoms with Gasteiger partial charge in [0, 0.05) is 12.2 Å². The lowest BCUT2D eigenvalue weighted by atomic mass is 10.1. The predicted octanol–water partition coefficient (Wildman–Crippen LogP) is 2.69. The van der Waals surface area contributed by atoms with Crippen LogP contribution in [-0.2, 0) is 6.54 Å². The first kappa shape index (κ1) is 17.3. The van der Waals surface area contributed by atoms with Crippen molar-refractivity contribution in [2.75, 3.05) is 7.11 Å². The van der Waals surface area contributed by atoms with Gasteiger partial charge in [-0.25, -0.2) is 0 Å². The maximum Gasteiger partial charge on any atom is 0.261 e. The second-order valence-corrected chi connectivity index (χ2v) is 5.67. The minimum atomic E-state index is -0.474. The number of benzene rings is 2. The summed E-state index contributed by atoms with van der Waals surface area (Å²) in [4.78, 5) is 27.3. The first-order valence-corrected chi connectivity index (χ1v) is 8.01. The monoisotopic (exact) mass is 350 g/mol. The number of H-pyrrole nitrogens is 1. The number of hydrogen-bond donors (Lipinski definition) is 3. The van der Waals surface area contributed by atoms with Crippen molar-refractivity contribution in [2.24, 2.45) is 0 Å². The van der Waals surface area contributed by atoms with Crippen LogP contribution in [0.25, 0.3) is 11.3 Å². The molecule has 3 rings (SSSR count). The minimum Gasteiger partial charge on any atom is -0.504 e. The summed E-state index contributed by atoms with van der Waals surface area (Å²) in [5, 5.41) is 12.3. The van der Waals surface area contributed by atoms with Gasteiger partial charge in [-0.05, 0) is 35.4 Å². The van der Waals surface area contributed by atoms with Gasteiger partial charge in [0.05, 0.1) is 7.11 Å². The van der Waals surface area contributed by atoms with Crippen molar-refractivity contribution in [3.63, 3.8) is 0 Å². The van der Waals surface area contributed by atoms with Crippen molar-refractivity contribution in [3.8, 4) is 22.8 Å². The van der Waals surface area contributed by atoms with Crippen LogP contribution in [0, 0.1) is 0 Å². The molecule has 3 aromatic rings. The molecule has 0 radical (unpaired) electrons. The Labute approximate surface area is 150 Å². The van der Waals surface area contributed by atoms with E-state index in [4.69, 9.17) is 4.74 Å². The van der Waals surface area contributed by atoms with Gasteiger partial charge in [-0.2, -0.15) is 0 Å². The topological polar surface area (TPSA) is 91.4 Å². The third kappa shape index (κ3) is 3.75. The van der Waals surface area contributed by atoms with Gasteiger partial charge < -0.3 is 20.1 Å². The van der Waals surface area contributed by atoms with Crippen molar-refractivity contribution in [2.45, 2.75) is 6.54 Å². The van der Waals surface area contributed by atoms with Crippen molar-refractivity contribution in [3.05, 3.63) is 82.1 Å². The quantitative estimate of drug-likeness (QED) is 0.660. The molecule has 0 saturated heterocycles. The average molecular weight is 350 g/mol. The number of methoxy groups -OCH3 is 1. The molecule has 6 heteroatoms. The summed E-state index contributed by atoms with van der Waals surface area (Å²) in [5.74, 6) is -0.129. The Morgan fingerprint density at radius 3 is 2.58 bits per heavy atom. The van der Waals surface area contributed by atoms with Crippen LogP contribution in [0.3, 0.4) is 0 Å². The molecule has 1 amide bonds. The summed E-state index contributed by atoms with van der Waals surface area (Å²) in [6, 6.07) is 17.4. The first-order chi connectivity index (χ1) is 12.6. The zero-order chi connectivity index (χ0) is 18.5. The number of rotatable bonds is 5. The molecule has 0 aliphatic heterocycles. The van der Waals surface area contributed by atoms with Gasteiger partial charge in [-0.1, -0.05) is 36.4 Å². The van der Waals surface area contributed by atoms with E-state index in [1.165, 1.54) is 19.2 Å². The predicted molar refractivity (Wildman–Crippen MR) is 98.3 cm³/mol. The van der Waals surface area contributed by atoms with E-state index in [2.05, 4.69) is 10.3 Å². The number of carbonyl (C=O) groups is 1. The Morgan fingerprint density at radius 1 is 1.12 bits per heavy atom. The molecule has 132 valence electrons. The number of phenolic OH excluding ortho intramolecular Hbond substituents is 1. The van der Waals surface area contributed by atoms with Gasteiger partial charge in [0.25, 0.3) is 11.5 Å². The molecule has 0 fully saturated rings. The Morgan fingerprint density at radius 2 is 1.88 bits per heavy atom. The highest BCUT2D eigenvalue weighted by molar-refractivity contribution is 5.94. The number of phenols is 1. The highest BCUT2D eigenvalue weighted by atomic mass is 16.5. The van der Waals surface area contributed by atoms with E-state index in [-0.39, 0.29) is 17.9 Å². The van der Waals surface area contributed by atoms with E-state index in [1.807, 2.05) is 30.3 Å². The Bertz CT molecular complexity index is 981. The average Bonchev–Trinajstić information content (AvgIpc) is 2.67. The van der Waals surface area contributed by atoms with Crippen molar-refractivity contribution < 1.29 is 14.6 Å². The van der Waals surface area contributed by atoms with Crippen LogP contribution < -0.4 is 15.6 Å². The Hall–Kier alpha value is -3.54. The number of nitrogens with one attached hydrogen (secondary N) is 2. The number of carbonyl (C=O) groups excluding carboxylic acids is 1. The maximum absolute atomic E-state index is 12.3. The Balaban J connectivity index is 1.73. The summed E-state index contributed by atoms with van der Waals surface area (Å²) >= 11 is 0. The van der Waals surface area contributed by atoms with Gasteiger partial charge in [0.15, 0.2) is 11.5 Å². The van der Waals surface area contributed by atoms with Crippen molar-refractivity contribution in [1.29, 1.82) is 0 Å². The third-order valence-electron chi connectivity index (χ3n) is 3.94. The third-order valence-corrected chi connectivity index (χ3v) is 3.94. The first-order valence-electron chi connectivity index (χ1n) is 8.01. The molecule has 0 spiro atoms. The highest BCUT2D eigenvalue weighted by Gasteiger charge is 2.12.